The van der Waals surface area contributed by atoms with E-state index in [1.54, 1.807) is 18.7 Å². The molecule has 1 aliphatic rings. The predicted molar refractivity (Wildman–Crippen MR) is 89.1 cm³/mol. The zero-order valence-corrected chi connectivity index (χ0v) is 13.5. The molecule has 0 amide bonds. The molecule has 1 unspecified atom stereocenters. The second-order valence-electron chi connectivity index (χ2n) is 6.09. The minimum absolute atomic E-state index is 0.584. The van der Waals surface area contributed by atoms with Gasteiger partial charge in [-0.05, 0) is 37.3 Å². The standard InChI is InChI=1S/C18H20N4O2/c1-3-14(13-23-9-1)5-7-22-8-6-19-18(22)15-11-20-17(21-12-15)16-4-2-10-24-16/h2,4,6,8,10-12,14H,1,3,5,7,9,13H2. The smallest absolute Gasteiger partial charge is 0.195 e. The lowest BCUT2D eigenvalue weighted by Crippen LogP contribution is -2.19. The number of nitrogens with zero attached hydrogens (tertiary/aromatic N) is 4. The highest BCUT2D eigenvalue weighted by molar-refractivity contribution is 5.55. The Hall–Kier alpha value is -2.47. The molecule has 4 heterocycles. The van der Waals surface area contributed by atoms with Crippen molar-refractivity contribution in [1.29, 1.82) is 0 Å². The Morgan fingerprint density at radius 2 is 2.12 bits per heavy atom. The van der Waals surface area contributed by atoms with Gasteiger partial charge < -0.3 is 13.7 Å². The molecule has 1 aliphatic heterocycles. The van der Waals surface area contributed by atoms with E-state index in [1.807, 2.05) is 24.5 Å². The molecule has 0 N–H and O–H groups in total. The van der Waals surface area contributed by atoms with Gasteiger partial charge in [-0.1, -0.05) is 0 Å². The highest BCUT2D eigenvalue weighted by atomic mass is 16.5. The van der Waals surface area contributed by atoms with Gasteiger partial charge in [-0.2, -0.15) is 0 Å². The molecule has 3 aromatic heterocycles. The van der Waals surface area contributed by atoms with E-state index in [9.17, 15) is 0 Å². The van der Waals surface area contributed by atoms with Gasteiger partial charge in [0.15, 0.2) is 11.6 Å². The predicted octanol–water partition coefficient (Wildman–Crippen LogP) is 3.42. The number of imidazole rings is 1. The highest BCUT2D eigenvalue weighted by Crippen LogP contribution is 2.22. The number of furan rings is 1. The van der Waals surface area contributed by atoms with Gasteiger partial charge >= 0.3 is 0 Å². The molecular formula is C18H20N4O2. The summed E-state index contributed by atoms with van der Waals surface area (Å²) >= 11 is 0. The molecule has 4 rings (SSSR count). The Labute approximate surface area is 140 Å². The third-order valence-electron chi connectivity index (χ3n) is 4.40. The fraction of sp³-hybridized carbons (Fsp3) is 0.389. The van der Waals surface area contributed by atoms with E-state index in [1.165, 1.54) is 12.8 Å². The van der Waals surface area contributed by atoms with Crippen molar-refractivity contribution in [2.45, 2.75) is 25.8 Å². The molecule has 1 saturated heterocycles. The molecule has 24 heavy (non-hydrogen) atoms. The first kappa shape index (κ1) is 15.1. The normalized spacial score (nSPS) is 17.9. The van der Waals surface area contributed by atoms with Gasteiger partial charge in [0.2, 0.25) is 0 Å². The molecule has 0 bridgehead atoms. The van der Waals surface area contributed by atoms with Crippen molar-refractivity contribution in [3.8, 4) is 23.0 Å². The molecule has 6 heteroatoms. The van der Waals surface area contributed by atoms with Crippen LogP contribution < -0.4 is 0 Å². The summed E-state index contributed by atoms with van der Waals surface area (Å²) in [5.74, 6) is 2.80. The van der Waals surface area contributed by atoms with Gasteiger partial charge in [0.1, 0.15) is 5.82 Å². The molecule has 1 fully saturated rings. The van der Waals surface area contributed by atoms with Crippen LogP contribution in [0.4, 0.5) is 0 Å². The zero-order valence-electron chi connectivity index (χ0n) is 13.5. The van der Waals surface area contributed by atoms with Crippen molar-refractivity contribution in [2.75, 3.05) is 13.2 Å². The van der Waals surface area contributed by atoms with Crippen LogP contribution in [0.5, 0.6) is 0 Å². The Morgan fingerprint density at radius 1 is 1.21 bits per heavy atom. The molecule has 0 spiro atoms. The summed E-state index contributed by atoms with van der Waals surface area (Å²) in [6.45, 7) is 2.72. The van der Waals surface area contributed by atoms with Crippen molar-refractivity contribution in [3.05, 3.63) is 43.2 Å². The van der Waals surface area contributed by atoms with Gasteiger partial charge in [0.05, 0.1) is 11.8 Å². The van der Waals surface area contributed by atoms with Gasteiger partial charge in [-0.25, -0.2) is 15.0 Å². The lowest BCUT2D eigenvalue weighted by molar-refractivity contribution is 0.0501. The lowest BCUT2D eigenvalue weighted by Gasteiger charge is -2.22. The summed E-state index contributed by atoms with van der Waals surface area (Å²) in [5.41, 5.74) is 0.912. The van der Waals surface area contributed by atoms with Gasteiger partial charge in [-0.15, -0.1) is 0 Å². The van der Waals surface area contributed by atoms with Crippen LogP contribution in [0.15, 0.2) is 47.6 Å². The molecular weight excluding hydrogens is 304 g/mol. The first-order valence-electron chi connectivity index (χ1n) is 8.35. The number of hydrogen-bond acceptors (Lipinski definition) is 5. The average molecular weight is 324 g/mol. The van der Waals surface area contributed by atoms with E-state index in [2.05, 4.69) is 19.5 Å². The van der Waals surface area contributed by atoms with Gasteiger partial charge in [0, 0.05) is 44.5 Å². The Balaban J connectivity index is 1.47. The van der Waals surface area contributed by atoms with Crippen LogP contribution in [0.2, 0.25) is 0 Å². The summed E-state index contributed by atoms with van der Waals surface area (Å²) in [6, 6.07) is 3.68. The van der Waals surface area contributed by atoms with Gasteiger partial charge in [-0.3, -0.25) is 0 Å². The van der Waals surface area contributed by atoms with E-state index >= 15 is 0 Å². The monoisotopic (exact) mass is 324 g/mol. The zero-order chi connectivity index (χ0) is 16.2. The third kappa shape index (κ3) is 3.23. The Kier molecular flexibility index (Phi) is 4.38. The lowest BCUT2D eigenvalue weighted by atomic mass is 9.99. The topological polar surface area (TPSA) is 66.0 Å². The molecule has 124 valence electrons. The second kappa shape index (κ2) is 6.97. The molecule has 3 aromatic rings. The quantitative estimate of drug-likeness (QED) is 0.719. The van der Waals surface area contributed by atoms with Crippen LogP contribution in [0.1, 0.15) is 19.3 Å². The molecule has 0 saturated carbocycles. The SMILES string of the molecule is c1coc(-c2ncc(-c3nccn3CCC3CCCOC3)cn2)c1. The fourth-order valence-corrected chi connectivity index (χ4v) is 3.08. The van der Waals surface area contributed by atoms with Crippen LogP contribution >= 0.6 is 0 Å². The summed E-state index contributed by atoms with van der Waals surface area (Å²) in [4.78, 5) is 13.3. The molecule has 1 atom stereocenters. The molecule has 0 radical (unpaired) electrons. The van der Waals surface area contributed by atoms with Gasteiger partial charge in [0.25, 0.3) is 0 Å². The van der Waals surface area contributed by atoms with Crippen LogP contribution in [0, 0.1) is 5.92 Å². The molecule has 0 aromatic carbocycles. The van der Waals surface area contributed by atoms with Crippen molar-refractivity contribution >= 4 is 0 Å². The summed E-state index contributed by atoms with van der Waals surface area (Å²) in [7, 11) is 0. The van der Waals surface area contributed by atoms with Crippen LogP contribution in [-0.4, -0.2) is 32.7 Å². The van der Waals surface area contributed by atoms with Crippen molar-refractivity contribution in [3.63, 3.8) is 0 Å². The summed E-state index contributed by atoms with van der Waals surface area (Å²) in [5, 5.41) is 0. The van der Waals surface area contributed by atoms with Crippen molar-refractivity contribution in [2.24, 2.45) is 5.92 Å². The van der Waals surface area contributed by atoms with Crippen LogP contribution in [0.3, 0.4) is 0 Å². The number of ether oxygens (including phenoxy) is 1. The average Bonchev–Trinajstić information content (AvgIpc) is 3.33. The minimum atomic E-state index is 0.584. The van der Waals surface area contributed by atoms with Crippen molar-refractivity contribution < 1.29 is 9.15 Å². The Bertz CT molecular complexity index is 759. The molecule has 0 aliphatic carbocycles. The largest absolute Gasteiger partial charge is 0.461 e. The maximum absolute atomic E-state index is 5.56. The Morgan fingerprint density at radius 3 is 2.88 bits per heavy atom. The number of rotatable bonds is 5. The molecule has 6 nitrogen and oxygen atoms in total. The summed E-state index contributed by atoms with van der Waals surface area (Å²) in [6.07, 6.45) is 12.6. The van der Waals surface area contributed by atoms with E-state index in [-0.39, 0.29) is 0 Å². The fourth-order valence-electron chi connectivity index (χ4n) is 3.08. The number of aromatic nitrogens is 4. The van der Waals surface area contributed by atoms with Crippen LogP contribution in [-0.2, 0) is 11.3 Å². The van der Waals surface area contributed by atoms with E-state index in [4.69, 9.17) is 9.15 Å². The second-order valence-corrected chi connectivity index (χ2v) is 6.09. The third-order valence-corrected chi connectivity index (χ3v) is 4.40. The number of aryl methyl sites for hydroxylation is 1. The highest BCUT2D eigenvalue weighted by Gasteiger charge is 2.15. The van der Waals surface area contributed by atoms with E-state index in [0.29, 0.717) is 17.5 Å². The van der Waals surface area contributed by atoms with Crippen LogP contribution in [0.25, 0.3) is 23.0 Å². The number of hydrogen-bond donors (Lipinski definition) is 0. The van der Waals surface area contributed by atoms with E-state index < -0.39 is 0 Å². The van der Waals surface area contributed by atoms with Crippen molar-refractivity contribution in [1.82, 2.24) is 19.5 Å². The maximum Gasteiger partial charge on any atom is 0.195 e. The van der Waals surface area contributed by atoms with E-state index in [0.717, 1.165) is 37.6 Å². The first-order valence-corrected chi connectivity index (χ1v) is 8.35. The minimum Gasteiger partial charge on any atom is -0.461 e. The first-order chi connectivity index (χ1) is 11.9. The maximum atomic E-state index is 5.56. The summed E-state index contributed by atoms with van der Waals surface area (Å²) < 4.78 is 13.1.